The fourth-order valence-corrected chi connectivity index (χ4v) is 5.85. The highest BCUT2D eigenvalue weighted by atomic mass is 32.1. The summed E-state index contributed by atoms with van der Waals surface area (Å²) in [5.74, 6) is -0.499. The highest BCUT2D eigenvalue weighted by Crippen LogP contribution is 2.40. The summed E-state index contributed by atoms with van der Waals surface area (Å²) in [6, 6.07) is 1.48. The van der Waals surface area contributed by atoms with E-state index >= 15 is 0 Å². The van der Waals surface area contributed by atoms with Crippen LogP contribution in [0.1, 0.15) is 94.1 Å². The molecule has 6 nitrogen and oxygen atoms in total. The van der Waals surface area contributed by atoms with Gasteiger partial charge in [0.1, 0.15) is 4.88 Å². The highest BCUT2D eigenvalue weighted by molar-refractivity contribution is 7.14. The van der Waals surface area contributed by atoms with Gasteiger partial charge in [-0.25, -0.2) is 4.79 Å². The number of amides is 2. The lowest BCUT2D eigenvalue weighted by Gasteiger charge is -2.35. The lowest BCUT2D eigenvalue weighted by molar-refractivity contribution is -0.130. The summed E-state index contributed by atoms with van der Waals surface area (Å²) < 4.78 is 0. The molecule has 1 saturated heterocycles. The molecule has 2 aliphatic rings. The summed E-state index contributed by atoms with van der Waals surface area (Å²) in [5, 5.41) is 9.95. The van der Waals surface area contributed by atoms with Crippen LogP contribution in [-0.4, -0.2) is 46.9 Å². The topological polar surface area (TPSA) is 77.9 Å². The number of likely N-dealkylation sites (tertiary alicyclic amines) is 1. The maximum absolute atomic E-state index is 13.8. The van der Waals surface area contributed by atoms with E-state index in [4.69, 9.17) is 0 Å². The van der Waals surface area contributed by atoms with Crippen molar-refractivity contribution in [3.05, 3.63) is 15.8 Å². The highest BCUT2D eigenvalue weighted by Gasteiger charge is 2.36. The Hall–Kier alpha value is -1.89. The Morgan fingerprint density at radius 3 is 2.28 bits per heavy atom. The van der Waals surface area contributed by atoms with E-state index in [1.165, 1.54) is 11.3 Å². The van der Waals surface area contributed by atoms with E-state index in [1.54, 1.807) is 4.90 Å². The Morgan fingerprint density at radius 2 is 1.75 bits per heavy atom. The van der Waals surface area contributed by atoms with E-state index < -0.39 is 12.0 Å². The van der Waals surface area contributed by atoms with Gasteiger partial charge in [-0.1, -0.05) is 27.7 Å². The Kier molecular flexibility index (Phi) is 7.69. The van der Waals surface area contributed by atoms with Crippen molar-refractivity contribution in [2.75, 3.05) is 18.0 Å². The summed E-state index contributed by atoms with van der Waals surface area (Å²) >= 11 is 1.24. The van der Waals surface area contributed by atoms with Crippen LogP contribution in [0.15, 0.2) is 6.07 Å². The zero-order valence-corrected chi connectivity index (χ0v) is 21.0. The van der Waals surface area contributed by atoms with Crippen molar-refractivity contribution in [1.29, 1.82) is 0 Å². The van der Waals surface area contributed by atoms with Gasteiger partial charge in [0, 0.05) is 36.3 Å². The van der Waals surface area contributed by atoms with Crippen LogP contribution in [0.2, 0.25) is 0 Å². The second-order valence-electron chi connectivity index (χ2n) is 10.7. The molecule has 0 aromatic carbocycles. The minimum Gasteiger partial charge on any atom is -0.477 e. The maximum atomic E-state index is 13.8. The average molecular weight is 463 g/mol. The van der Waals surface area contributed by atoms with E-state index in [0.29, 0.717) is 11.6 Å². The second-order valence-corrected chi connectivity index (χ2v) is 11.7. The first kappa shape index (κ1) is 24.7. The molecular weight excluding hydrogens is 424 g/mol. The number of carboxylic acids is 1. The van der Waals surface area contributed by atoms with E-state index in [9.17, 15) is 19.5 Å². The monoisotopic (exact) mass is 462 g/mol. The molecule has 0 radical (unpaired) electrons. The molecule has 1 atom stereocenters. The zero-order valence-electron chi connectivity index (χ0n) is 20.1. The molecule has 1 aliphatic carbocycles. The van der Waals surface area contributed by atoms with Crippen molar-refractivity contribution in [2.24, 2.45) is 11.8 Å². The third kappa shape index (κ3) is 5.53. The number of carbonyl (C=O) groups is 3. The molecular formula is C25H38N2O4S. The molecule has 0 bridgehead atoms. The zero-order chi connectivity index (χ0) is 23.6. The van der Waals surface area contributed by atoms with Crippen molar-refractivity contribution in [3.8, 4) is 0 Å². The Morgan fingerprint density at radius 1 is 1.16 bits per heavy atom. The molecule has 32 heavy (non-hydrogen) atoms. The Labute approximate surface area is 196 Å². The molecule has 1 aliphatic heterocycles. The van der Waals surface area contributed by atoms with Crippen molar-refractivity contribution in [3.63, 3.8) is 0 Å². The molecule has 0 unspecified atom stereocenters. The Bertz CT molecular complexity index is 843. The number of nitrogens with zero attached hydrogens (tertiary/aromatic N) is 2. The molecule has 3 rings (SSSR count). The minimum absolute atomic E-state index is 0.0284. The van der Waals surface area contributed by atoms with Crippen LogP contribution in [-0.2, 0) is 15.0 Å². The number of aromatic carboxylic acids is 1. The molecule has 2 heterocycles. The minimum atomic E-state index is -1.02. The van der Waals surface area contributed by atoms with Crippen LogP contribution < -0.4 is 4.90 Å². The first-order valence-corrected chi connectivity index (χ1v) is 12.8. The van der Waals surface area contributed by atoms with Crippen LogP contribution in [0.4, 0.5) is 5.69 Å². The normalized spacial score (nSPS) is 22.6. The van der Waals surface area contributed by atoms with E-state index in [2.05, 4.69) is 6.92 Å². The number of hydrogen-bond donors (Lipinski definition) is 1. The van der Waals surface area contributed by atoms with Crippen LogP contribution in [0.5, 0.6) is 0 Å². The van der Waals surface area contributed by atoms with Gasteiger partial charge in [0.25, 0.3) is 0 Å². The van der Waals surface area contributed by atoms with Gasteiger partial charge >= 0.3 is 5.97 Å². The lowest BCUT2D eigenvalue weighted by Crippen LogP contribution is -2.46. The molecule has 0 spiro atoms. The third-order valence-corrected chi connectivity index (χ3v) is 8.42. The number of thiophene rings is 1. The van der Waals surface area contributed by atoms with E-state index in [1.807, 2.05) is 38.7 Å². The molecule has 7 heteroatoms. The predicted molar refractivity (Wildman–Crippen MR) is 128 cm³/mol. The van der Waals surface area contributed by atoms with Gasteiger partial charge in [-0.2, -0.15) is 0 Å². The van der Waals surface area contributed by atoms with E-state index in [0.717, 1.165) is 56.5 Å². The average Bonchev–Trinajstić information content (AvgIpc) is 3.39. The van der Waals surface area contributed by atoms with Gasteiger partial charge in [-0.05, 0) is 62.8 Å². The van der Waals surface area contributed by atoms with Gasteiger partial charge in [0.05, 0.1) is 5.69 Å². The van der Waals surface area contributed by atoms with Crippen molar-refractivity contribution in [2.45, 2.75) is 91.0 Å². The van der Waals surface area contributed by atoms with Crippen molar-refractivity contribution in [1.82, 2.24) is 4.90 Å². The van der Waals surface area contributed by atoms with Gasteiger partial charge < -0.3 is 14.9 Å². The second kappa shape index (κ2) is 9.94. The van der Waals surface area contributed by atoms with Gasteiger partial charge in [0.2, 0.25) is 11.8 Å². The number of hydrogen-bond acceptors (Lipinski definition) is 4. The molecule has 2 amide bonds. The summed E-state index contributed by atoms with van der Waals surface area (Å²) in [6.45, 7) is 11.8. The van der Waals surface area contributed by atoms with Gasteiger partial charge in [-0.3, -0.25) is 9.59 Å². The van der Waals surface area contributed by atoms with Crippen LogP contribution in [0.3, 0.4) is 0 Å². The lowest BCUT2D eigenvalue weighted by atomic mass is 9.82. The van der Waals surface area contributed by atoms with Gasteiger partial charge in [-0.15, -0.1) is 11.3 Å². The number of carboxylic acid groups (broad SMARTS) is 1. The quantitative estimate of drug-likeness (QED) is 0.622. The fraction of sp³-hybridized carbons (Fsp3) is 0.720. The third-order valence-electron chi connectivity index (χ3n) is 6.88. The summed E-state index contributed by atoms with van der Waals surface area (Å²) in [6.07, 6.45) is 5.91. The molecule has 1 N–H and O–H groups in total. The standard InChI is InChI=1S/C25H38N2O4S/c1-16-8-10-18(11-9-16)23(29)27(17(2)14-21(28)26-12-6-7-13-26)19-15-20(25(3,4)5)32-22(19)24(30)31/h15-18H,6-14H2,1-5H3,(H,30,31)/t16?,17-,18?/m1/s1. The van der Waals surface area contributed by atoms with Gasteiger partial charge in [0.15, 0.2) is 0 Å². The Balaban J connectivity index is 1.96. The summed E-state index contributed by atoms with van der Waals surface area (Å²) in [4.78, 5) is 43.5. The van der Waals surface area contributed by atoms with Crippen LogP contribution >= 0.6 is 11.3 Å². The smallest absolute Gasteiger partial charge is 0.348 e. The van der Waals surface area contributed by atoms with Crippen molar-refractivity contribution >= 4 is 34.8 Å². The van der Waals surface area contributed by atoms with E-state index in [-0.39, 0.29) is 34.4 Å². The largest absolute Gasteiger partial charge is 0.477 e. The molecule has 1 aromatic heterocycles. The molecule has 2 fully saturated rings. The van der Waals surface area contributed by atoms with Crippen molar-refractivity contribution < 1.29 is 19.5 Å². The number of carbonyl (C=O) groups excluding carboxylic acids is 2. The van der Waals surface area contributed by atoms with Crippen LogP contribution in [0.25, 0.3) is 0 Å². The SMILES string of the molecule is CC1CCC(C(=O)N(c2cc(C(C)(C)C)sc2C(=O)O)[C@H](C)CC(=O)N2CCCC2)CC1. The van der Waals surface area contributed by atoms with Crippen LogP contribution in [0, 0.1) is 11.8 Å². The first-order chi connectivity index (χ1) is 15.0. The fourth-order valence-electron chi connectivity index (χ4n) is 4.80. The predicted octanol–water partition coefficient (Wildman–Crippen LogP) is 5.30. The molecule has 1 aromatic rings. The summed E-state index contributed by atoms with van der Waals surface area (Å²) in [5.41, 5.74) is 0.231. The summed E-state index contributed by atoms with van der Waals surface area (Å²) in [7, 11) is 0. The molecule has 178 valence electrons. The maximum Gasteiger partial charge on any atom is 0.348 e. The molecule has 1 saturated carbocycles. The number of rotatable bonds is 6. The number of anilines is 1. The first-order valence-electron chi connectivity index (χ1n) is 12.0.